The average molecular weight is 1020 g/mol. The minimum atomic E-state index is -0.273. The molecular weight excluding hydrogens is 982 g/mol. The van der Waals surface area contributed by atoms with Crippen LogP contribution in [0.15, 0.2) is 260 Å². The van der Waals surface area contributed by atoms with Crippen molar-refractivity contribution < 1.29 is 17.7 Å². The molecule has 0 bridgehead atoms. The van der Waals surface area contributed by atoms with Gasteiger partial charge in [0.25, 0.3) is 6.71 Å². The van der Waals surface area contributed by atoms with Gasteiger partial charge >= 0.3 is 0 Å². The van der Waals surface area contributed by atoms with Crippen LogP contribution in [-0.2, 0) is 0 Å². The highest BCUT2D eigenvalue weighted by Crippen LogP contribution is 2.52. The molecule has 5 aromatic heterocycles. The van der Waals surface area contributed by atoms with E-state index in [2.05, 4.69) is 257 Å². The molecule has 12 aromatic carbocycles. The highest BCUT2D eigenvalue weighted by molar-refractivity contribution is 7.00. The van der Waals surface area contributed by atoms with Crippen LogP contribution < -0.4 is 26.2 Å². The number of para-hydroxylation sites is 6. The number of rotatable bonds is 4. The van der Waals surface area contributed by atoms with Crippen molar-refractivity contribution in [3.63, 3.8) is 0 Å². The van der Waals surface area contributed by atoms with E-state index in [1.54, 1.807) is 0 Å². The molecule has 0 atom stereocenters. The molecule has 8 heteroatoms. The van der Waals surface area contributed by atoms with Crippen LogP contribution in [-0.4, -0.2) is 11.3 Å². The van der Waals surface area contributed by atoms with Crippen molar-refractivity contribution in [3.8, 4) is 16.8 Å². The second-order valence-electron chi connectivity index (χ2n) is 21.5. The third-order valence-corrected chi connectivity index (χ3v) is 17.3. The van der Waals surface area contributed by atoms with Crippen LogP contribution in [0.25, 0.3) is 126 Å². The minimum absolute atomic E-state index is 0.273. The van der Waals surface area contributed by atoms with Crippen LogP contribution in [0.5, 0.6) is 0 Å². The zero-order chi connectivity index (χ0) is 51.9. The van der Waals surface area contributed by atoms with Gasteiger partial charge in [-0.3, -0.25) is 0 Å². The topological polar surface area (TPSA) is 64.0 Å². The molecule has 0 aliphatic carbocycles. The van der Waals surface area contributed by atoms with Crippen molar-refractivity contribution in [2.24, 2.45) is 0 Å². The largest absolute Gasteiger partial charge is 0.456 e. The van der Waals surface area contributed by atoms with Crippen molar-refractivity contribution in [1.82, 2.24) is 4.57 Å². The van der Waals surface area contributed by atoms with Crippen LogP contribution in [0.1, 0.15) is 0 Å². The summed E-state index contributed by atoms with van der Waals surface area (Å²) >= 11 is 0. The second-order valence-corrected chi connectivity index (χ2v) is 21.5. The molecule has 0 unspecified atom stereocenters. The maximum atomic E-state index is 6.87. The number of fused-ring (bicyclic) bond motifs is 19. The molecule has 0 saturated carbocycles. The number of hydrogen-bond donors (Lipinski definition) is 0. The van der Waals surface area contributed by atoms with E-state index >= 15 is 0 Å². The summed E-state index contributed by atoms with van der Waals surface area (Å²) in [7, 11) is 0. The first kappa shape index (κ1) is 42.4. The van der Waals surface area contributed by atoms with E-state index in [-0.39, 0.29) is 6.71 Å². The molecule has 370 valence electrons. The maximum Gasteiger partial charge on any atom is 0.252 e. The Kier molecular flexibility index (Phi) is 8.22. The Morgan fingerprint density at radius 2 is 0.713 bits per heavy atom. The fourth-order valence-electron chi connectivity index (χ4n) is 14.0. The SMILES string of the molecule is c1ccc(-n2c3ccccc3c3ccc(-c4cc5c6c(c4)N(c4cccc7oc8ccccc8c47)c4cc7c(cc4B6c4cc6oc8ccccc8c6cc4N5c4cccc5oc6ccccc6c45)oc4ccccc47)cc32)cc1. The van der Waals surface area contributed by atoms with Crippen molar-refractivity contribution in [1.29, 1.82) is 0 Å². The lowest BCUT2D eigenvalue weighted by Gasteiger charge is -2.44. The first-order chi connectivity index (χ1) is 39.7. The predicted octanol–water partition coefficient (Wildman–Crippen LogP) is 18.1. The lowest BCUT2D eigenvalue weighted by molar-refractivity contribution is 0.668. The molecule has 2 aliphatic rings. The van der Waals surface area contributed by atoms with E-state index in [1.807, 2.05) is 0 Å². The Balaban J connectivity index is 0.997. The van der Waals surface area contributed by atoms with Crippen molar-refractivity contribution in [2.75, 3.05) is 9.80 Å². The maximum absolute atomic E-state index is 6.87. The van der Waals surface area contributed by atoms with Gasteiger partial charge in [-0.05, 0) is 137 Å². The van der Waals surface area contributed by atoms with E-state index in [9.17, 15) is 0 Å². The molecule has 0 saturated heterocycles. The Hall–Kier alpha value is -10.7. The van der Waals surface area contributed by atoms with Crippen LogP contribution >= 0.6 is 0 Å². The van der Waals surface area contributed by atoms with Gasteiger partial charge in [-0.25, -0.2) is 0 Å². The second kappa shape index (κ2) is 15.5. The molecule has 7 heterocycles. The van der Waals surface area contributed by atoms with Gasteiger partial charge in [-0.15, -0.1) is 0 Å². The van der Waals surface area contributed by atoms with Gasteiger partial charge in [0, 0.05) is 71.5 Å². The Morgan fingerprint density at radius 1 is 0.263 bits per heavy atom. The lowest BCUT2D eigenvalue weighted by Crippen LogP contribution is -2.61. The van der Waals surface area contributed by atoms with Crippen LogP contribution in [0.2, 0.25) is 0 Å². The normalized spacial score (nSPS) is 13.2. The van der Waals surface area contributed by atoms with Gasteiger partial charge in [0.2, 0.25) is 0 Å². The molecule has 7 nitrogen and oxygen atoms in total. The van der Waals surface area contributed by atoms with Gasteiger partial charge in [0.05, 0.1) is 33.2 Å². The molecular formula is C72H40BN3O4. The summed E-state index contributed by atoms with van der Waals surface area (Å²) < 4.78 is 29.6. The lowest BCUT2D eigenvalue weighted by atomic mass is 9.33. The van der Waals surface area contributed by atoms with E-state index < -0.39 is 0 Å². The Morgan fingerprint density at radius 3 is 1.27 bits per heavy atom. The van der Waals surface area contributed by atoms with Crippen molar-refractivity contribution in [3.05, 3.63) is 243 Å². The molecule has 19 rings (SSSR count). The zero-order valence-electron chi connectivity index (χ0n) is 42.6. The fourth-order valence-corrected chi connectivity index (χ4v) is 14.0. The summed E-state index contributed by atoms with van der Waals surface area (Å²) in [6.45, 7) is -0.273. The highest BCUT2D eigenvalue weighted by Gasteiger charge is 2.45. The molecule has 17 aromatic rings. The number of furan rings is 4. The molecule has 0 amide bonds. The van der Waals surface area contributed by atoms with Crippen LogP contribution in [0.4, 0.5) is 34.1 Å². The first-order valence-electron chi connectivity index (χ1n) is 27.2. The molecule has 0 radical (unpaired) electrons. The molecule has 0 spiro atoms. The summed E-state index contributed by atoms with van der Waals surface area (Å²) in [6, 6.07) is 87.4. The summed E-state index contributed by atoms with van der Waals surface area (Å²) in [5, 5.41) is 10.9. The number of hydrogen-bond acceptors (Lipinski definition) is 6. The van der Waals surface area contributed by atoms with Crippen LogP contribution in [0.3, 0.4) is 0 Å². The quantitative estimate of drug-likeness (QED) is 0.164. The number of nitrogens with zero attached hydrogens (tertiary/aromatic N) is 3. The first-order valence-corrected chi connectivity index (χ1v) is 27.2. The predicted molar refractivity (Wildman–Crippen MR) is 329 cm³/mol. The number of anilines is 6. The monoisotopic (exact) mass is 1020 g/mol. The molecule has 0 N–H and O–H groups in total. The average Bonchev–Trinajstić information content (AvgIpc) is 4.43. The standard InChI is InChI=1S/C72H40BN3O4/c1-2-16-43(17-3-1)74-54-23-9-4-18-44(54)45-33-32-41(34-57(45)74)42-35-60-72-61(36-42)76(56-25-15-31-67-71(56)49-22-8-13-29-65(49)78-67)59-38-51-47-20-6-11-27-63(47)80-69(51)40-53(59)73(72)52-39-68-50(46-19-5-10-26-62(46)79-68)37-58(52)75(60)55-24-14-30-66-70(55)48-21-7-12-28-64(48)77-66/h1-40H. The van der Waals surface area contributed by atoms with E-state index in [4.69, 9.17) is 17.7 Å². The summed E-state index contributed by atoms with van der Waals surface area (Å²) in [6.07, 6.45) is 0. The molecule has 80 heavy (non-hydrogen) atoms. The Labute approximate surface area is 456 Å². The summed E-state index contributed by atoms with van der Waals surface area (Å²) in [5.41, 5.74) is 22.0. The number of benzene rings is 12. The van der Waals surface area contributed by atoms with Gasteiger partial charge in [-0.1, -0.05) is 133 Å². The number of aromatic nitrogens is 1. The van der Waals surface area contributed by atoms with Crippen molar-refractivity contribution in [2.45, 2.75) is 0 Å². The fraction of sp³-hybridized carbons (Fsp3) is 0. The molecule has 2 aliphatic heterocycles. The minimum Gasteiger partial charge on any atom is -0.456 e. The van der Waals surface area contributed by atoms with Gasteiger partial charge in [0.1, 0.15) is 44.7 Å². The van der Waals surface area contributed by atoms with E-state index in [0.717, 1.165) is 166 Å². The van der Waals surface area contributed by atoms with Gasteiger partial charge in [0.15, 0.2) is 0 Å². The third-order valence-electron chi connectivity index (χ3n) is 17.3. The summed E-state index contributed by atoms with van der Waals surface area (Å²) in [4.78, 5) is 5.05. The van der Waals surface area contributed by atoms with Crippen LogP contribution in [0, 0.1) is 0 Å². The molecule has 0 fully saturated rings. The third kappa shape index (κ3) is 5.63. The highest BCUT2D eigenvalue weighted by atomic mass is 16.3. The van der Waals surface area contributed by atoms with Crippen molar-refractivity contribution >= 4 is 167 Å². The Bertz CT molecular complexity index is 5280. The van der Waals surface area contributed by atoms with Gasteiger partial charge in [-0.2, -0.15) is 0 Å². The van der Waals surface area contributed by atoms with Gasteiger partial charge < -0.3 is 32.0 Å². The summed E-state index contributed by atoms with van der Waals surface area (Å²) in [5.74, 6) is 0. The van der Waals surface area contributed by atoms with E-state index in [1.165, 1.54) is 10.8 Å². The smallest absolute Gasteiger partial charge is 0.252 e. The zero-order valence-corrected chi connectivity index (χ0v) is 42.6. The van der Waals surface area contributed by atoms with E-state index in [0.29, 0.717) is 0 Å².